The molecule has 2 rings (SSSR count). The summed E-state index contributed by atoms with van der Waals surface area (Å²) in [4.78, 5) is 4.23. The Balaban J connectivity index is 1.63. The Morgan fingerprint density at radius 3 is 2.82 bits per heavy atom. The lowest BCUT2D eigenvalue weighted by molar-refractivity contribution is 0.617. The summed E-state index contributed by atoms with van der Waals surface area (Å²) in [5.74, 6) is 2.08. The maximum absolute atomic E-state index is 13.4. The molecule has 0 aliphatic heterocycles. The fraction of sp³-hybridized carbons (Fsp3) is 0.250. The molecule has 0 atom stereocenters. The van der Waals surface area contributed by atoms with Crippen molar-refractivity contribution in [1.29, 1.82) is 0 Å². The Bertz CT molecular complexity index is 617. The van der Waals surface area contributed by atoms with Gasteiger partial charge in [-0.05, 0) is 42.4 Å². The smallest absolute Gasteiger partial charge is 0.171 e. The van der Waals surface area contributed by atoms with E-state index in [1.807, 2.05) is 31.2 Å². The first-order valence-electron chi connectivity index (χ1n) is 6.94. The van der Waals surface area contributed by atoms with E-state index in [0.717, 1.165) is 29.2 Å². The average molecular weight is 335 g/mol. The first-order valence-corrected chi connectivity index (χ1v) is 8.50. The number of rotatable bonds is 6. The van der Waals surface area contributed by atoms with Crippen LogP contribution in [0.5, 0.6) is 0 Å². The van der Waals surface area contributed by atoms with E-state index in [1.165, 1.54) is 6.07 Å². The number of aryl methyl sites for hydroxylation is 1. The predicted molar refractivity (Wildman–Crippen MR) is 95.8 cm³/mol. The zero-order valence-electron chi connectivity index (χ0n) is 12.3. The molecule has 2 aromatic rings. The number of aromatic nitrogens is 1. The summed E-state index contributed by atoms with van der Waals surface area (Å²) < 4.78 is 13.4. The van der Waals surface area contributed by atoms with Crippen molar-refractivity contribution in [2.24, 2.45) is 0 Å². The van der Waals surface area contributed by atoms with E-state index in [9.17, 15) is 4.39 Å². The number of halogens is 1. The first kappa shape index (κ1) is 16.7. The number of anilines is 1. The van der Waals surface area contributed by atoms with Crippen LogP contribution in [0.15, 0.2) is 42.6 Å². The number of nitrogens with zero attached hydrogens (tertiary/aromatic N) is 1. The fourth-order valence-corrected chi connectivity index (χ4v) is 2.79. The van der Waals surface area contributed by atoms with Crippen LogP contribution in [0.25, 0.3) is 0 Å². The van der Waals surface area contributed by atoms with Gasteiger partial charge in [0.2, 0.25) is 0 Å². The van der Waals surface area contributed by atoms with Gasteiger partial charge in [0, 0.05) is 24.2 Å². The summed E-state index contributed by atoms with van der Waals surface area (Å²) in [6.45, 7) is 2.71. The summed E-state index contributed by atoms with van der Waals surface area (Å²) >= 11 is 6.87. The van der Waals surface area contributed by atoms with Crippen molar-refractivity contribution in [2.75, 3.05) is 17.6 Å². The van der Waals surface area contributed by atoms with Crippen LogP contribution in [0, 0.1) is 12.7 Å². The molecular formula is C16H18FN3S2. The van der Waals surface area contributed by atoms with E-state index in [0.29, 0.717) is 10.9 Å². The molecule has 22 heavy (non-hydrogen) atoms. The number of hydrogen-bond donors (Lipinski definition) is 2. The van der Waals surface area contributed by atoms with Gasteiger partial charge < -0.3 is 10.6 Å². The van der Waals surface area contributed by atoms with Gasteiger partial charge in [-0.1, -0.05) is 24.3 Å². The van der Waals surface area contributed by atoms with Crippen LogP contribution in [0.2, 0.25) is 0 Å². The van der Waals surface area contributed by atoms with Crippen molar-refractivity contribution in [3.63, 3.8) is 0 Å². The maximum atomic E-state index is 13.4. The molecule has 1 aromatic heterocycles. The fourth-order valence-electron chi connectivity index (χ4n) is 1.74. The molecule has 0 radical (unpaired) electrons. The van der Waals surface area contributed by atoms with Crippen molar-refractivity contribution in [1.82, 2.24) is 10.3 Å². The number of hydrogen-bond acceptors (Lipinski definition) is 3. The zero-order valence-corrected chi connectivity index (χ0v) is 13.9. The highest BCUT2D eigenvalue weighted by Gasteiger charge is 2.01. The number of thioether (sulfide) groups is 1. The SMILES string of the molecule is Cc1ccc(NC(=S)NCCSCc2ccccc2F)nc1. The van der Waals surface area contributed by atoms with Crippen LogP contribution < -0.4 is 10.6 Å². The number of thiocarbonyl (C=S) groups is 1. The van der Waals surface area contributed by atoms with Crippen molar-refractivity contribution in [3.8, 4) is 0 Å². The van der Waals surface area contributed by atoms with Gasteiger partial charge in [0.25, 0.3) is 0 Å². The zero-order chi connectivity index (χ0) is 15.8. The van der Waals surface area contributed by atoms with Crippen LogP contribution in [0.4, 0.5) is 10.2 Å². The minimum atomic E-state index is -0.148. The Hall–Kier alpha value is -1.66. The van der Waals surface area contributed by atoms with E-state index in [4.69, 9.17) is 12.2 Å². The van der Waals surface area contributed by atoms with Gasteiger partial charge >= 0.3 is 0 Å². The monoisotopic (exact) mass is 335 g/mol. The van der Waals surface area contributed by atoms with Gasteiger partial charge in [-0.2, -0.15) is 11.8 Å². The molecule has 2 N–H and O–H groups in total. The Morgan fingerprint density at radius 2 is 2.09 bits per heavy atom. The summed E-state index contributed by atoms with van der Waals surface area (Å²) in [6.07, 6.45) is 1.79. The maximum Gasteiger partial charge on any atom is 0.171 e. The molecule has 1 aromatic carbocycles. The molecular weight excluding hydrogens is 317 g/mol. The van der Waals surface area contributed by atoms with E-state index in [1.54, 1.807) is 24.0 Å². The average Bonchev–Trinajstić information content (AvgIpc) is 2.51. The van der Waals surface area contributed by atoms with E-state index in [2.05, 4.69) is 15.6 Å². The second-order valence-electron chi connectivity index (χ2n) is 4.75. The van der Waals surface area contributed by atoms with Crippen molar-refractivity contribution in [2.45, 2.75) is 12.7 Å². The lowest BCUT2D eigenvalue weighted by atomic mass is 10.2. The highest BCUT2D eigenvalue weighted by atomic mass is 32.2. The van der Waals surface area contributed by atoms with Gasteiger partial charge in [-0.25, -0.2) is 9.37 Å². The van der Waals surface area contributed by atoms with Gasteiger partial charge in [0.05, 0.1) is 0 Å². The van der Waals surface area contributed by atoms with Gasteiger partial charge in [-0.3, -0.25) is 0 Å². The Morgan fingerprint density at radius 1 is 1.27 bits per heavy atom. The van der Waals surface area contributed by atoms with Gasteiger partial charge in [-0.15, -0.1) is 0 Å². The molecule has 0 fully saturated rings. The van der Waals surface area contributed by atoms with Crippen molar-refractivity contribution in [3.05, 3.63) is 59.5 Å². The molecule has 0 aliphatic carbocycles. The topological polar surface area (TPSA) is 37.0 Å². The molecule has 1 heterocycles. The summed E-state index contributed by atoms with van der Waals surface area (Å²) in [7, 11) is 0. The third-order valence-electron chi connectivity index (χ3n) is 2.90. The van der Waals surface area contributed by atoms with E-state index in [-0.39, 0.29) is 5.82 Å². The highest BCUT2D eigenvalue weighted by Crippen LogP contribution is 2.14. The molecule has 0 unspecified atom stereocenters. The van der Waals surface area contributed by atoms with Crippen LogP contribution >= 0.6 is 24.0 Å². The molecule has 0 saturated heterocycles. The highest BCUT2D eigenvalue weighted by molar-refractivity contribution is 7.98. The van der Waals surface area contributed by atoms with Crippen LogP contribution in [0.3, 0.4) is 0 Å². The number of pyridine rings is 1. The lowest BCUT2D eigenvalue weighted by Crippen LogP contribution is -2.30. The largest absolute Gasteiger partial charge is 0.362 e. The molecule has 6 heteroatoms. The Labute approximate surface area is 139 Å². The van der Waals surface area contributed by atoms with Crippen LogP contribution in [-0.2, 0) is 5.75 Å². The Kier molecular flexibility index (Phi) is 6.61. The minimum absolute atomic E-state index is 0.148. The predicted octanol–water partition coefficient (Wildman–Crippen LogP) is 3.75. The molecule has 0 aliphatic rings. The number of benzene rings is 1. The van der Waals surface area contributed by atoms with Crippen molar-refractivity contribution < 1.29 is 4.39 Å². The standard InChI is InChI=1S/C16H18FN3S2/c1-12-6-7-15(19-10-12)20-16(21)18-8-9-22-11-13-4-2-3-5-14(13)17/h2-7,10H,8-9,11H2,1H3,(H2,18,19,20,21). The van der Waals surface area contributed by atoms with Gasteiger partial charge in [0.1, 0.15) is 11.6 Å². The quantitative estimate of drug-likeness (QED) is 0.621. The third kappa shape index (κ3) is 5.61. The molecule has 0 saturated carbocycles. The molecule has 116 valence electrons. The third-order valence-corrected chi connectivity index (χ3v) is 4.15. The van der Waals surface area contributed by atoms with E-state index < -0.39 is 0 Å². The normalized spacial score (nSPS) is 10.3. The summed E-state index contributed by atoms with van der Waals surface area (Å²) in [5.41, 5.74) is 1.84. The first-order chi connectivity index (χ1) is 10.6. The molecule has 0 amide bonds. The number of nitrogens with one attached hydrogen (secondary N) is 2. The lowest BCUT2D eigenvalue weighted by Gasteiger charge is -2.10. The second-order valence-corrected chi connectivity index (χ2v) is 6.26. The molecule has 0 bridgehead atoms. The summed E-state index contributed by atoms with van der Waals surface area (Å²) in [6, 6.07) is 10.7. The minimum Gasteiger partial charge on any atom is -0.362 e. The van der Waals surface area contributed by atoms with Crippen LogP contribution in [-0.4, -0.2) is 22.4 Å². The second kappa shape index (κ2) is 8.70. The van der Waals surface area contributed by atoms with Crippen LogP contribution in [0.1, 0.15) is 11.1 Å². The summed E-state index contributed by atoms with van der Waals surface area (Å²) in [5, 5.41) is 6.68. The molecule has 0 spiro atoms. The molecule has 3 nitrogen and oxygen atoms in total. The van der Waals surface area contributed by atoms with Gasteiger partial charge in [0.15, 0.2) is 5.11 Å². The van der Waals surface area contributed by atoms with E-state index >= 15 is 0 Å². The van der Waals surface area contributed by atoms with Crippen molar-refractivity contribution >= 4 is 34.9 Å².